The van der Waals surface area contributed by atoms with Crippen molar-refractivity contribution < 1.29 is 9.18 Å². The maximum Gasteiger partial charge on any atom is 0.201 e. The fourth-order valence-corrected chi connectivity index (χ4v) is 1.24. The summed E-state index contributed by atoms with van der Waals surface area (Å²) < 4.78 is 12.4. The quantitative estimate of drug-likeness (QED) is 0.525. The van der Waals surface area contributed by atoms with Crippen LogP contribution in [0.5, 0.6) is 0 Å². The number of rotatable bonds is 1. The van der Waals surface area contributed by atoms with Gasteiger partial charge in [-0.3, -0.25) is 4.79 Å². The molecule has 2 heteroatoms. The fourth-order valence-electron chi connectivity index (χ4n) is 1.24. The van der Waals surface area contributed by atoms with E-state index in [1.165, 1.54) is 0 Å². The molecule has 0 aromatic heterocycles. The molecule has 51 valence electrons. The molecule has 1 fully saturated rings. The van der Waals surface area contributed by atoms with E-state index in [4.69, 9.17) is 0 Å². The lowest BCUT2D eigenvalue weighted by Gasteiger charge is -2.18. The lowest BCUT2D eigenvalue weighted by Crippen LogP contribution is -2.16. The van der Waals surface area contributed by atoms with Gasteiger partial charge in [0.15, 0.2) is 0 Å². The average molecular weight is 129 g/mol. The number of halogens is 1. The average Bonchev–Trinajstić information content (AvgIpc) is 1.88. The highest BCUT2D eigenvalue weighted by molar-refractivity contribution is 5.54. The molecule has 1 radical (unpaired) electrons. The number of hydrogen-bond donors (Lipinski definition) is 0. The molecule has 9 heavy (non-hydrogen) atoms. The van der Waals surface area contributed by atoms with Gasteiger partial charge in [0.05, 0.1) is 0 Å². The van der Waals surface area contributed by atoms with E-state index in [0.29, 0.717) is 12.8 Å². The number of alkyl halides is 1. The first-order valence-corrected chi connectivity index (χ1v) is 3.34. The van der Waals surface area contributed by atoms with Crippen molar-refractivity contribution in [1.29, 1.82) is 0 Å². The molecular weight excluding hydrogens is 119 g/mol. The summed E-state index contributed by atoms with van der Waals surface area (Å²) in [6.45, 7) is 0. The van der Waals surface area contributed by atoms with Crippen molar-refractivity contribution in [3.8, 4) is 0 Å². The Labute approximate surface area is 54.3 Å². The van der Waals surface area contributed by atoms with Crippen LogP contribution in [0, 0.1) is 5.92 Å². The Kier molecular flexibility index (Phi) is 2.20. The normalized spacial score (nSPS) is 36.1. The summed E-state index contributed by atoms with van der Waals surface area (Å²) in [5.74, 6) is -0.117. The maximum absolute atomic E-state index is 12.4. The molecule has 2 unspecified atom stereocenters. The van der Waals surface area contributed by atoms with Crippen molar-refractivity contribution in [3.63, 3.8) is 0 Å². The minimum atomic E-state index is -0.745. The number of carbonyl (C=O) groups excluding carboxylic acids is 1. The highest BCUT2D eigenvalue weighted by atomic mass is 19.1. The Morgan fingerprint density at radius 2 is 2.22 bits per heavy atom. The summed E-state index contributed by atoms with van der Waals surface area (Å²) in [6, 6.07) is 0. The third-order valence-electron chi connectivity index (χ3n) is 1.78. The van der Waals surface area contributed by atoms with Crippen LogP contribution in [0.15, 0.2) is 0 Å². The summed E-state index contributed by atoms with van der Waals surface area (Å²) in [4.78, 5) is 10.0. The maximum atomic E-state index is 12.4. The zero-order chi connectivity index (χ0) is 6.69. The highest BCUT2D eigenvalue weighted by Crippen LogP contribution is 2.24. The van der Waals surface area contributed by atoms with Gasteiger partial charge in [-0.25, -0.2) is 4.39 Å². The Bertz CT molecular complexity index is 103. The monoisotopic (exact) mass is 129 g/mol. The van der Waals surface area contributed by atoms with Crippen LogP contribution in [0.3, 0.4) is 0 Å². The summed E-state index contributed by atoms with van der Waals surface area (Å²) in [5, 5.41) is 0. The summed E-state index contributed by atoms with van der Waals surface area (Å²) in [6.07, 6.45) is 3.83. The Balaban J connectivity index is 2.31. The predicted octanol–water partition coefficient (Wildman–Crippen LogP) is 1.62. The molecule has 0 heterocycles. The van der Waals surface area contributed by atoms with Crippen molar-refractivity contribution in [2.75, 3.05) is 0 Å². The third kappa shape index (κ3) is 1.77. The van der Waals surface area contributed by atoms with Crippen molar-refractivity contribution >= 4 is 6.29 Å². The Morgan fingerprint density at radius 3 is 2.67 bits per heavy atom. The van der Waals surface area contributed by atoms with Crippen molar-refractivity contribution in [1.82, 2.24) is 0 Å². The second kappa shape index (κ2) is 2.95. The highest BCUT2D eigenvalue weighted by Gasteiger charge is 2.20. The lowest BCUT2D eigenvalue weighted by molar-refractivity contribution is 0.225. The van der Waals surface area contributed by atoms with E-state index in [1.54, 1.807) is 0 Å². The van der Waals surface area contributed by atoms with Crippen LogP contribution in [0.4, 0.5) is 4.39 Å². The minimum absolute atomic E-state index is 0.117. The van der Waals surface area contributed by atoms with Gasteiger partial charge in [-0.2, -0.15) is 0 Å². The van der Waals surface area contributed by atoms with Crippen LogP contribution in [0.2, 0.25) is 0 Å². The van der Waals surface area contributed by atoms with E-state index in [0.717, 1.165) is 12.8 Å². The molecule has 0 saturated heterocycles. The van der Waals surface area contributed by atoms with Gasteiger partial charge in [-0.15, -0.1) is 0 Å². The van der Waals surface area contributed by atoms with Gasteiger partial charge in [0.25, 0.3) is 0 Å². The largest absolute Gasteiger partial charge is 0.291 e. The fraction of sp³-hybridized carbons (Fsp3) is 0.857. The zero-order valence-electron chi connectivity index (χ0n) is 5.27. The first kappa shape index (κ1) is 6.72. The first-order chi connectivity index (χ1) is 4.33. The first-order valence-electron chi connectivity index (χ1n) is 3.34. The van der Waals surface area contributed by atoms with Gasteiger partial charge in [0.2, 0.25) is 6.29 Å². The molecule has 0 N–H and O–H groups in total. The van der Waals surface area contributed by atoms with Crippen LogP contribution in [-0.4, -0.2) is 12.5 Å². The van der Waals surface area contributed by atoms with Gasteiger partial charge >= 0.3 is 0 Å². The second-order valence-electron chi connectivity index (χ2n) is 2.58. The van der Waals surface area contributed by atoms with Gasteiger partial charge in [0.1, 0.15) is 6.17 Å². The SMILES string of the molecule is O=[C]C1CCCC(F)C1. The molecule has 2 atom stereocenters. The molecule has 0 aliphatic heterocycles. The molecule has 0 amide bonds. The molecule has 1 saturated carbocycles. The van der Waals surface area contributed by atoms with Crippen molar-refractivity contribution in [2.24, 2.45) is 5.92 Å². The standard InChI is InChI=1S/C7H10FO/c8-7-3-1-2-6(4-7)5-9/h6-7H,1-4H2. The van der Waals surface area contributed by atoms with Gasteiger partial charge < -0.3 is 0 Å². The predicted molar refractivity (Wildman–Crippen MR) is 32.5 cm³/mol. The van der Waals surface area contributed by atoms with E-state index >= 15 is 0 Å². The summed E-state index contributed by atoms with van der Waals surface area (Å²) in [7, 11) is 0. The Morgan fingerprint density at radius 1 is 1.44 bits per heavy atom. The van der Waals surface area contributed by atoms with Crippen LogP contribution in [0.1, 0.15) is 25.7 Å². The van der Waals surface area contributed by atoms with Crippen LogP contribution in [-0.2, 0) is 4.79 Å². The molecular formula is C7H10FO. The van der Waals surface area contributed by atoms with E-state index in [-0.39, 0.29) is 5.92 Å². The molecule has 1 nitrogen and oxygen atoms in total. The van der Waals surface area contributed by atoms with Crippen LogP contribution in [0.25, 0.3) is 0 Å². The zero-order valence-corrected chi connectivity index (χ0v) is 5.27. The van der Waals surface area contributed by atoms with E-state index < -0.39 is 6.17 Å². The van der Waals surface area contributed by atoms with Crippen molar-refractivity contribution in [2.45, 2.75) is 31.9 Å². The molecule has 0 bridgehead atoms. The Hall–Kier alpha value is -0.400. The molecule has 0 spiro atoms. The molecule has 1 aliphatic carbocycles. The minimum Gasteiger partial charge on any atom is -0.291 e. The molecule has 0 aromatic rings. The molecule has 0 aromatic carbocycles. The van der Waals surface area contributed by atoms with Gasteiger partial charge in [0, 0.05) is 5.92 Å². The topological polar surface area (TPSA) is 17.1 Å². The van der Waals surface area contributed by atoms with Gasteiger partial charge in [-0.1, -0.05) is 0 Å². The second-order valence-corrected chi connectivity index (χ2v) is 2.58. The van der Waals surface area contributed by atoms with E-state index in [2.05, 4.69) is 0 Å². The smallest absolute Gasteiger partial charge is 0.201 e. The summed E-state index contributed by atoms with van der Waals surface area (Å²) >= 11 is 0. The van der Waals surface area contributed by atoms with E-state index in [1.807, 2.05) is 6.29 Å². The van der Waals surface area contributed by atoms with Crippen LogP contribution < -0.4 is 0 Å². The third-order valence-corrected chi connectivity index (χ3v) is 1.78. The number of hydrogen-bond acceptors (Lipinski definition) is 1. The van der Waals surface area contributed by atoms with Crippen LogP contribution >= 0.6 is 0 Å². The molecule has 1 aliphatic rings. The van der Waals surface area contributed by atoms with Gasteiger partial charge in [-0.05, 0) is 25.7 Å². The lowest BCUT2D eigenvalue weighted by atomic mass is 9.89. The molecule has 1 rings (SSSR count). The van der Waals surface area contributed by atoms with E-state index in [9.17, 15) is 9.18 Å². The summed E-state index contributed by atoms with van der Waals surface area (Å²) in [5.41, 5.74) is 0. The van der Waals surface area contributed by atoms with Crippen molar-refractivity contribution in [3.05, 3.63) is 0 Å².